The molecule has 0 spiro atoms. The first kappa shape index (κ1) is 17.7. The quantitative estimate of drug-likeness (QED) is 0.807. The van der Waals surface area contributed by atoms with E-state index >= 15 is 0 Å². The SMILES string of the molecule is CC(C)OCc1cccc(NC(=O)NCCN2CCOCC2)c1. The zero-order chi connectivity index (χ0) is 16.5. The Morgan fingerprint density at radius 3 is 2.87 bits per heavy atom. The van der Waals surface area contributed by atoms with Crippen LogP contribution in [-0.2, 0) is 16.1 Å². The van der Waals surface area contributed by atoms with E-state index in [4.69, 9.17) is 9.47 Å². The molecular weight excluding hydrogens is 294 g/mol. The molecular formula is C17H27N3O3. The van der Waals surface area contributed by atoms with Gasteiger partial charge in [0.25, 0.3) is 0 Å². The highest BCUT2D eigenvalue weighted by atomic mass is 16.5. The van der Waals surface area contributed by atoms with Crippen molar-refractivity contribution in [3.05, 3.63) is 29.8 Å². The normalized spacial score (nSPS) is 15.6. The first-order valence-electron chi connectivity index (χ1n) is 8.19. The average Bonchev–Trinajstić information content (AvgIpc) is 2.54. The Labute approximate surface area is 138 Å². The Kier molecular flexibility index (Phi) is 7.32. The van der Waals surface area contributed by atoms with Crippen molar-refractivity contribution >= 4 is 11.7 Å². The molecule has 1 aromatic carbocycles. The highest BCUT2D eigenvalue weighted by Crippen LogP contribution is 2.12. The van der Waals surface area contributed by atoms with Gasteiger partial charge < -0.3 is 20.1 Å². The second-order valence-corrected chi connectivity index (χ2v) is 5.90. The van der Waals surface area contributed by atoms with Crippen molar-refractivity contribution in [2.24, 2.45) is 0 Å². The lowest BCUT2D eigenvalue weighted by Crippen LogP contribution is -2.42. The summed E-state index contributed by atoms with van der Waals surface area (Å²) in [5.41, 5.74) is 1.82. The number of amides is 2. The topological polar surface area (TPSA) is 62.8 Å². The van der Waals surface area contributed by atoms with Gasteiger partial charge in [-0.05, 0) is 31.5 Å². The van der Waals surface area contributed by atoms with Gasteiger partial charge in [0.05, 0.1) is 25.9 Å². The van der Waals surface area contributed by atoms with Crippen molar-refractivity contribution < 1.29 is 14.3 Å². The van der Waals surface area contributed by atoms with Gasteiger partial charge in [-0.25, -0.2) is 4.79 Å². The summed E-state index contributed by atoms with van der Waals surface area (Å²) in [6.45, 7) is 9.44. The summed E-state index contributed by atoms with van der Waals surface area (Å²) in [5, 5.41) is 5.74. The summed E-state index contributed by atoms with van der Waals surface area (Å²) in [6.07, 6.45) is 0.190. The Balaban J connectivity index is 1.70. The number of urea groups is 1. The van der Waals surface area contributed by atoms with E-state index in [1.807, 2.05) is 38.1 Å². The van der Waals surface area contributed by atoms with Crippen molar-refractivity contribution in [1.82, 2.24) is 10.2 Å². The smallest absolute Gasteiger partial charge is 0.319 e. The lowest BCUT2D eigenvalue weighted by Gasteiger charge is -2.26. The number of hydrogen-bond donors (Lipinski definition) is 2. The third-order valence-corrected chi connectivity index (χ3v) is 3.59. The molecule has 1 aliphatic rings. The van der Waals surface area contributed by atoms with Gasteiger partial charge in [-0.2, -0.15) is 0 Å². The molecule has 1 heterocycles. The van der Waals surface area contributed by atoms with Crippen LogP contribution in [0.25, 0.3) is 0 Å². The molecule has 0 aliphatic carbocycles. The van der Waals surface area contributed by atoms with Gasteiger partial charge in [0.1, 0.15) is 0 Å². The molecule has 1 aromatic rings. The Hall–Kier alpha value is -1.63. The van der Waals surface area contributed by atoms with Crippen molar-refractivity contribution in [1.29, 1.82) is 0 Å². The second-order valence-electron chi connectivity index (χ2n) is 5.90. The van der Waals surface area contributed by atoms with Crippen molar-refractivity contribution in [2.75, 3.05) is 44.7 Å². The minimum atomic E-state index is -0.180. The van der Waals surface area contributed by atoms with E-state index in [0.29, 0.717) is 13.2 Å². The summed E-state index contributed by atoms with van der Waals surface area (Å²) < 4.78 is 10.9. The molecule has 6 heteroatoms. The molecule has 0 radical (unpaired) electrons. The summed E-state index contributed by atoms with van der Waals surface area (Å²) in [7, 11) is 0. The van der Waals surface area contributed by atoms with E-state index in [1.54, 1.807) is 0 Å². The Morgan fingerprint density at radius 2 is 2.13 bits per heavy atom. The maximum Gasteiger partial charge on any atom is 0.319 e. The summed E-state index contributed by atoms with van der Waals surface area (Å²) >= 11 is 0. The number of nitrogens with zero attached hydrogens (tertiary/aromatic N) is 1. The van der Waals surface area contributed by atoms with Gasteiger partial charge in [0, 0.05) is 31.9 Å². The average molecular weight is 321 g/mol. The molecule has 1 aliphatic heterocycles. The van der Waals surface area contributed by atoms with Crippen molar-refractivity contribution in [3.8, 4) is 0 Å². The van der Waals surface area contributed by atoms with Crippen LogP contribution in [0.15, 0.2) is 24.3 Å². The maximum atomic E-state index is 11.9. The van der Waals surface area contributed by atoms with Crippen LogP contribution in [-0.4, -0.2) is 56.4 Å². The fourth-order valence-electron chi connectivity index (χ4n) is 2.33. The molecule has 0 unspecified atom stereocenters. The zero-order valence-electron chi connectivity index (χ0n) is 14.0. The molecule has 1 saturated heterocycles. The minimum absolute atomic E-state index is 0.180. The number of carbonyl (C=O) groups excluding carboxylic acids is 1. The van der Waals surface area contributed by atoms with E-state index in [0.717, 1.165) is 44.1 Å². The summed E-state index contributed by atoms with van der Waals surface area (Å²) in [4.78, 5) is 14.2. The van der Waals surface area contributed by atoms with Crippen molar-refractivity contribution in [3.63, 3.8) is 0 Å². The summed E-state index contributed by atoms with van der Waals surface area (Å²) in [5.74, 6) is 0. The van der Waals surface area contributed by atoms with Gasteiger partial charge in [-0.1, -0.05) is 12.1 Å². The van der Waals surface area contributed by atoms with Gasteiger partial charge in [0.2, 0.25) is 0 Å². The highest BCUT2D eigenvalue weighted by molar-refractivity contribution is 5.89. The van der Waals surface area contributed by atoms with E-state index < -0.39 is 0 Å². The largest absolute Gasteiger partial charge is 0.379 e. The number of ether oxygens (including phenoxy) is 2. The third-order valence-electron chi connectivity index (χ3n) is 3.59. The zero-order valence-corrected chi connectivity index (χ0v) is 14.0. The fourth-order valence-corrected chi connectivity index (χ4v) is 2.33. The first-order chi connectivity index (χ1) is 11.1. The third kappa shape index (κ3) is 6.99. The second kappa shape index (κ2) is 9.50. The number of carbonyl (C=O) groups is 1. The number of morpholine rings is 1. The number of rotatable bonds is 7. The molecule has 0 atom stereocenters. The van der Waals surface area contributed by atoms with Crippen molar-refractivity contribution in [2.45, 2.75) is 26.6 Å². The van der Waals surface area contributed by atoms with Crippen LogP contribution in [0.3, 0.4) is 0 Å². The van der Waals surface area contributed by atoms with Crippen LogP contribution in [0.1, 0.15) is 19.4 Å². The molecule has 1 fully saturated rings. The van der Waals surface area contributed by atoms with Crippen LogP contribution in [0.2, 0.25) is 0 Å². The van der Waals surface area contributed by atoms with Crippen LogP contribution < -0.4 is 10.6 Å². The molecule has 0 bridgehead atoms. The molecule has 2 amide bonds. The van der Waals surface area contributed by atoms with Crippen LogP contribution in [0.5, 0.6) is 0 Å². The van der Waals surface area contributed by atoms with Gasteiger partial charge in [-0.15, -0.1) is 0 Å². The first-order valence-corrected chi connectivity index (χ1v) is 8.19. The highest BCUT2D eigenvalue weighted by Gasteiger charge is 2.10. The van der Waals surface area contributed by atoms with Gasteiger partial charge in [0.15, 0.2) is 0 Å². The van der Waals surface area contributed by atoms with Crippen LogP contribution in [0.4, 0.5) is 10.5 Å². The molecule has 2 rings (SSSR count). The Morgan fingerprint density at radius 1 is 1.35 bits per heavy atom. The lowest BCUT2D eigenvalue weighted by molar-refractivity contribution is 0.0388. The van der Waals surface area contributed by atoms with Crippen LogP contribution >= 0.6 is 0 Å². The van der Waals surface area contributed by atoms with Gasteiger partial charge >= 0.3 is 6.03 Å². The lowest BCUT2D eigenvalue weighted by atomic mass is 10.2. The molecule has 6 nitrogen and oxygen atoms in total. The number of nitrogens with one attached hydrogen (secondary N) is 2. The predicted octanol–water partition coefficient (Wildman–Crippen LogP) is 2.07. The molecule has 2 N–H and O–H groups in total. The molecule has 128 valence electrons. The maximum absolute atomic E-state index is 11.9. The predicted molar refractivity (Wildman–Crippen MR) is 90.6 cm³/mol. The number of hydrogen-bond acceptors (Lipinski definition) is 4. The minimum Gasteiger partial charge on any atom is -0.379 e. The summed E-state index contributed by atoms with van der Waals surface area (Å²) in [6, 6.07) is 7.54. The van der Waals surface area contributed by atoms with Gasteiger partial charge in [-0.3, -0.25) is 4.90 Å². The van der Waals surface area contributed by atoms with E-state index in [2.05, 4.69) is 15.5 Å². The Bertz CT molecular complexity index is 488. The molecule has 0 aromatic heterocycles. The number of benzene rings is 1. The monoisotopic (exact) mass is 321 g/mol. The van der Waals surface area contributed by atoms with Crippen LogP contribution in [0, 0.1) is 0 Å². The number of anilines is 1. The standard InChI is InChI=1S/C17H27N3O3/c1-14(2)23-13-15-4-3-5-16(12-15)19-17(21)18-6-7-20-8-10-22-11-9-20/h3-5,12,14H,6-11,13H2,1-2H3,(H2,18,19,21). The fraction of sp³-hybridized carbons (Fsp3) is 0.588. The van der Waals surface area contributed by atoms with E-state index in [-0.39, 0.29) is 12.1 Å². The molecule has 0 saturated carbocycles. The van der Waals surface area contributed by atoms with E-state index in [9.17, 15) is 4.79 Å². The van der Waals surface area contributed by atoms with E-state index in [1.165, 1.54) is 0 Å². The molecule has 23 heavy (non-hydrogen) atoms.